The molecule has 0 atom stereocenters. The Labute approximate surface area is 154 Å². The monoisotopic (exact) mass is 357 g/mol. The first-order valence-corrected chi connectivity index (χ1v) is 8.69. The lowest BCUT2D eigenvalue weighted by molar-refractivity contribution is -0.145. The van der Waals surface area contributed by atoms with Gasteiger partial charge in [0.15, 0.2) is 6.61 Å². The molecule has 2 aliphatic heterocycles. The number of amides is 1. The van der Waals surface area contributed by atoms with E-state index in [-0.39, 0.29) is 12.5 Å². The molecule has 3 rings (SSSR count). The van der Waals surface area contributed by atoms with E-state index in [9.17, 15) is 9.59 Å². The molecular weight excluding hydrogens is 333 g/mol. The number of rotatable bonds is 3. The van der Waals surface area contributed by atoms with Crippen molar-refractivity contribution in [2.45, 2.75) is 45.8 Å². The quantitative estimate of drug-likeness (QED) is 0.615. The Morgan fingerprint density at radius 3 is 2.38 bits per heavy atom. The molecule has 0 unspecified atom stereocenters. The number of fused-ring (bicyclic) bond motifs is 1. The van der Waals surface area contributed by atoms with Crippen molar-refractivity contribution in [3.05, 3.63) is 35.3 Å². The lowest BCUT2D eigenvalue weighted by Crippen LogP contribution is -2.41. The van der Waals surface area contributed by atoms with Crippen LogP contribution in [-0.4, -0.2) is 43.3 Å². The van der Waals surface area contributed by atoms with Crippen molar-refractivity contribution in [3.63, 3.8) is 0 Å². The van der Waals surface area contributed by atoms with E-state index in [0.717, 1.165) is 16.7 Å². The molecule has 1 aromatic carbocycles. The molecule has 0 aliphatic carbocycles. The number of nitrogens with zero attached hydrogens (tertiary/aromatic N) is 1. The highest BCUT2D eigenvalue weighted by Gasteiger charge is 2.53. The van der Waals surface area contributed by atoms with Gasteiger partial charge in [-0.15, -0.1) is 0 Å². The molecule has 2 heterocycles. The number of hydrogen-bond acceptors (Lipinski definition) is 5. The zero-order valence-electron chi connectivity index (χ0n) is 15.9. The summed E-state index contributed by atoms with van der Waals surface area (Å²) in [7, 11) is -0.530. The molecule has 26 heavy (non-hydrogen) atoms. The Kier molecular flexibility index (Phi) is 4.71. The van der Waals surface area contributed by atoms with Gasteiger partial charge in [0.05, 0.1) is 16.9 Å². The molecule has 6 nitrogen and oxygen atoms in total. The smallest absolute Gasteiger partial charge is 0.456 e. The molecule has 1 aromatic rings. The lowest BCUT2D eigenvalue weighted by Gasteiger charge is -2.32. The first-order chi connectivity index (χ1) is 12.1. The van der Waals surface area contributed by atoms with Crippen molar-refractivity contribution in [2.24, 2.45) is 0 Å². The summed E-state index contributed by atoms with van der Waals surface area (Å²) in [6.45, 7) is 9.30. The van der Waals surface area contributed by atoms with Crippen LogP contribution in [0.1, 0.15) is 40.2 Å². The SMILES string of the molecule is CC(=O)OCC(=O)N1CC(B2OC(C)(C)C(C)(C)O2)=Cc2ccccc21. The zero-order valence-corrected chi connectivity index (χ0v) is 15.9. The van der Waals surface area contributed by atoms with E-state index in [1.165, 1.54) is 6.92 Å². The lowest BCUT2D eigenvalue weighted by atomic mass is 9.75. The molecule has 7 heteroatoms. The summed E-state index contributed by atoms with van der Waals surface area (Å²) in [6, 6.07) is 7.60. The van der Waals surface area contributed by atoms with E-state index in [0.29, 0.717) is 6.54 Å². The van der Waals surface area contributed by atoms with E-state index >= 15 is 0 Å². The van der Waals surface area contributed by atoms with Crippen molar-refractivity contribution in [3.8, 4) is 0 Å². The second kappa shape index (κ2) is 6.56. The number of ether oxygens (including phenoxy) is 1. The van der Waals surface area contributed by atoms with Crippen molar-refractivity contribution < 1.29 is 23.6 Å². The van der Waals surface area contributed by atoms with Gasteiger partial charge in [-0.25, -0.2) is 0 Å². The Hall–Kier alpha value is -2.12. The number of benzene rings is 1. The van der Waals surface area contributed by atoms with Crippen LogP contribution in [0.15, 0.2) is 29.7 Å². The molecular formula is C19H24BNO5. The summed E-state index contributed by atoms with van der Waals surface area (Å²) < 4.78 is 17.1. The predicted molar refractivity (Wildman–Crippen MR) is 99.5 cm³/mol. The molecule has 1 saturated heterocycles. The van der Waals surface area contributed by atoms with Crippen molar-refractivity contribution in [1.29, 1.82) is 0 Å². The summed E-state index contributed by atoms with van der Waals surface area (Å²) in [6.07, 6.45) is 2.01. The predicted octanol–water partition coefficient (Wildman–Crippen LogP) is 2.61. The van der Waals surface area contributed by atoms with E-state index in [1.54, 1.807) is 4.90 Å². The first kappa shape index (κ1) is 18.7. The van der Waals surface area contributed by atoms with Crippen LogP contribution in [0.5, 0.6) is 0 Å². The minimum Gasteiger partial charge on any atom is -0.456 e. The molecule has 138 valence electrons. The maximum absolute atomic E-state index is 12.6. The Morgan fingerprint density at radius 1 is 1.15 bits per heavy atom. The summed E-state index contributed by atoms with van der Waals surface area (Å²) in [5, 5.41) is 0. The number of hydrogen-bond donors (Lipinski definition) is 0. The normalized spacial score (nSPS) is 20.4. The number of esters is 1. The van der Waals surface area contributed by atoms with Gasteiger partial charge in [0.2, 0.25) is 0 Å². The summed E-state index contributed by atoms with van der Waals surface area (Å²) in [5.74, 6) is -0.764. The molecule has 0 bridgehead atoms. The number of para-hydroxylation sites is 1. The average Bonchev–Trinajstić information content (AvgIpc) is 2.79. The van der Waals surface area contributed by atoms with E-state index in [2.05, 4.69) is 0 Å². The number of carbonyl (C=O) groups is 2. The Balaban J connectivity index is 1.89. The Morgan fingerprint density at radius 2 is 1.77 bits per heavy atom. The van der Waals surface area contributed by atoms with Crippen LogP contribution in [0.2, 0.25) is 0 Å². The highest BCUT2D eigenvalue weighted by molar-refractivity contribution is 6.56. The Bertz CT molecular complexity index is 755. The van der Waals surface area contributed by atoms with Gasteiger partial charge in [0.25, 0.3) is 5.91 Å². The summed E-state index contributed by atoms with van der Waals surface area (Å²) in [5.41, 5.74) is 1.63. The molecule has 0 aromatic heterocycles. The molecule has 0 radical (unpaired) electrons. The van der Waals surface area contributed by atoms with Crippen LogP contribution in [-0.2, 0) is 23.6 Å². The fourth-order valence-corrected chi connectivity index (χ4v) is 2.97. The second-order valence-electron chi connectivity index (χ2n) is 7.63. The van der Waals surface area contributed by atoms with Gasteiger partial charge in [0.1, 0.15) is 0 Å². The fourth-order valence-electron chi connectivity index (χ4n) is 2.97. The third-order valence-corrected chi connectivity index (χ3v) is 5.17. The van der Waals surface area contributed by atoms with Gasteiger partial charge in [-0.1, -0.05) is 24.3 Å². The van der Waals surface area contributed by atoms with Crippen LogP contribution in [0.4, 0.5) is 5.69 Å². The fraction of sp³-hybridized carbons (Fsp3) is 0.474. The van der Waals surface area contributed by atoms with E-state index < -0.39 is 24.3 Å². The molecule has 2 aliphatic rings. The minimum absolute atomic E-state index is 0.283. The van der Waals surface area contributed by atoms with Crippen LogP contribution >= 0.6 is 0 Å². The van der Waals surface area contributed by atoms with Gasteiger partial charge >= 0.3 is 13.1 Å². The van der Waals surface area contributed by atoms with Gasteiger partial charge < -0.3 is 18.9 Å². The van der Waals surface area contributed by atoms with Gasteiger partial charge in [-0.3, -0.25) is 9.59 Å². The number of anilines is 1. The van der Waals surface area contributed by atoms with Crippen molar-refractivity contribution in [2.75, 3.05) is 18.1 Å². The summed E-state index contributed by atoms with van der Waals surface area (Å²) in [4.78, 5) is 25.3. The van der Waals surface area contributed by atoms with Crippen molar-refractivity contribution in [1.82, 2.24) is 0 Å². The average molecular weight is 357 g/mol. The second-order valence-corrected chi connectivity index (χ2v) is 7.63. The highest BCUT2D eigenvalue weighted by atomic mass is 16.7. The van der Waals surface area contributed by atoms with Crippen LogP contribution in [0, 0.1) is 0 Å². The van der Waals surface area contributed by atoms with Gasteiger partial charge in [-0.05, 0) is 44.8 Å². The third kappa shape index (κ3) is 3.41. The highest BCUT2D eigenvalue weighted by Crippen LogP contribution is 2.40. The first-order valence-electron chi connectivity index (χ1n) is 8.69. The number of carbonyl (C=O) groups excluding carboxylic acids is 2. The van der Waals surface area contributed by atoms with Crippen LogP contribution in [0.3, 0.4) is 0 Å². The van der Waals surface area contributed by atoms with Crippen LogP contribution in [0.25, 0.3) is 6.08 Å². The topological polar surface area (TPSA) is 65.1 Å². The summed E-state index contributed by atoms with van der Waals surface area (Å²) >= 11 is 0. The van der Waals surface area contributed by atoms with Crippen LogP contribution < -0.4 is 4.90 Å². The maximum atomic E-state index is 12.6. The molecule has 0 saturated carbocycles. The zero-order chi connectivity index (χ0) is 19.1. The molecule has 1 fully saturated rings. The van der Waals surface area contributed by atoms with Gasteiger partial charge in [-0.2, -0.15) is 0 Å². The van der Waals surface area contributed by atoms with Gasteiger partial charge in [0, 0.05) is 13.5 Å². The molecule has 0 N–H and O–H groups in total. The molecule has 1 amide bonds. The van der Waals surface area contributed by atoms with E-state index in [1.807, 2.05) is 58.0 Å². The third-order valence-electron chi connectivity index (χ3n) is 5.17. The van der Waals surface area contributed by atoms with E-state index in [4.69, 9.17) is 14.0 Å². The largest absolute Gasteiger partial charge is 0.492 e. The van der Waals surface area contributed by atoms with Crippen molar-refractivity contribution >= 4 is 30.8 Å². The maximum Gasteiger partial charge on any atom is 0.492 e. The molecule has 0 spiro atoms. The standard InChI is InChI=1S/C19H24BNO5/c1-13(22)24-12-17(23)21-11-15(10-14-8-6-7-9-16(14)21)20-25-18(2,3)19(4,5)26-20/h6-10H,11-12H2,1-5H3. The minimum atomic E-state index is -0.530.